The van der Waals surface area contributed by atoms with Crippen molar-refractivity contribution in [1.29, 1.82) is 0 Å². The number of hydrogen-bond donors (Lipinski definition) is 0. The number of aryl methyl sites for hydroxylation is 2. The number of esters is 2. The van der Waals surface area contributed by atoms with Gasteiger partial charge < -0.3 is 9.47 Å². The van der Waals surface area contributed by atoms with Crippen LogP contribution in [0.5, 0.6) is 11.5 Å². The van der Waals surface area contributed by atoms with Gasteiger partial charge in [0.25, 0.3) is 0 Å². The fraction of sp³-hybridized carbons (Fsp3) is 0.231. The molecule has 0 aliphatic carbocycles. The molecule has 4 nitrogen and oxygen atoms in total. The van der Waals surface area contributed by atoms with Crippen molar-refractivity contribution in [3.05, 3.63) is 94.5 Å². The third-order valence-corrected chi connectivity index (χ3v) is 4.91. The summed E-state index contributed by atoms with van der Waals surface area (Å²) in [5.74, 6) is -0.292. The highest BCUT2D eigenvalue weighted by Crippen LogP contribution is 2.42. The first kappa shape index (κ1) is 21.3. The Labute approximate surface area is 177 Å². The van der Waals surface area contributed by atoms with E-state index in [0.29, 0.717) is 16.9 Å². The Morgan fingerprint density at radius 3 is 1.70 bits per heavy atom. The highest BCUT2D eigenvalue weighted by Gasteiger charge is 2.25. The maximum atomic E-state index is 12.8. The molecule has 30 heavy (non-hydrogen) atoms. The average molecular weight is 402 g/mol. The van der Waals surface area contributed by atoms with E-state index in [4.69, 9.17) is 9.47 Å². The Balaban J connectivity index is 2.09. The Morgan fingerprint density at radius 2 is 1.27 bits per heavy atom. The molecule has 0 aromatic heterocycles. The molecule has 0 unspecified atom stereocenters. The summed E-state index contributed by atoms with van der Waals surface area (Å²) in [7, 11) is 0. The monoisotopic (exact) mass is 402 g/mol. The third-order valence-electron chi connectivity index (χ3n) is 4.91. The van der Waals surface area contributed by atoms with Gasteiger partial charge in [0, 0.05) is 5.56 Å². The van der Waals surface area contributed by atoms with Crippen molar-refractivity contribution in [3.8, 4) is 11.5 Å². The van der Waals surface area contributed by atoms with Crippen LogP contribution in [0.2, 0.25) is 0 Å². The fourth-order valence-electron chi connectivity index (χ4n) is 3.46. The van der Waals surface area contributed by atoms with Crippen molar-refractivity contribution in [2.45, 2.75) is 40.0 Å². The van der Waals surface area contributed by atoms with Crippen LogP contribution in [0.25, 0.3) is 0 Å². The molecule has 3 aromatic carbocycles. The zero-order valence-electron chi connectivity index (χ0n) is 17.8. The Kier molecular flexibility index (Phi) is 6.68. The topological polar surface area (TPSA) is 52.6 Å². The van der Waals surface area contributed by atoms with Gasteiger partial charge in [0.15, 0.2) is 11.5 Å². The van der Waals surface area contributed by atoms with E-state index >= 15 is 0 Å². The van der Waals surface area contributed by atoms with Crippen LogP contribution in [0.1, 0.15) is 64.1 Å². The lowest BCUT2D eigenvalue weighted by atomic mass is 9.92. The van der Waals surface area contributed by atoms with Gasteiger partial charge >= 0.3 is 11.9 Å². The van der Waals surface area contributed by atoms with E-state index in [1.807, 2.05) is 39.0 Å². The van der Waals surface area contributed by atoms with Crippen molar-refractivity contribution in [3.63, 3.8) is 0 Å². The highest BCUT2D eigenvalue weighted by molar-refractivity contribution is 5.93. The lowest BCUT2D eigenvalue weighted by Gasteiger charge is -2.22. The van der Waals surface area contributed by atoms with E-state index < -0.39 is 11.9 Å². The molecule has 0 saturated carbocycles. The van der Waals surface area contributed by atoms with Crippen molar-refractivity contribution >= 4 is 11.9 Å². The van der Waals surface area contributed by atoms with Crippen LogP contribution in [0.15, 0.2) is 66.7 Å². The van der Waals surface area contributed by atoms with Crippen LogP contribution in [0, 0.1) is 6.92 Å². The van der Waals surface area contributed by atoms with Gasteiger partial charge in [-0.2, -0.15) is 0 Å². The van der Waals surface area contributed by atoms with Crippen LogP contribution in [0.3, 0.4) is 0 Å². The highest BCUT2D eigenvalue weighted by atomic mass is 16.6. The Hall–Kier alpha value is -3.40. The molecule has 0 N–H and O–H groups in total. The molecule has 0 aliphatic heterocycles. The van der Waals surface area contributed by atoms with Crippen molar-refractivity contribution in [2.24, 2.45) is 0 Å². The maximum Gasteiger partial charge on any atom is 0.343 e. The van der Waals surface area contributed by atoms with E-state index in [1.54, 1.807) is 48.5 Å². The molecule has 0 radical (unpaired) electrons. The minimum atomic E-state index is -0.491. The zero-order valence-corrected chi connectivity index (χ0v) is 17.8. The van der Waals surface area contributed by atoms with Gasteiger partial charge in [-0.3, -0.25) is 0 Å². The van der Waals surface area contributed by atoms with Gasteiger partial charge in [0.2, 0.25) is 0 Å². The Morgan fingerprint density at radius 1 is 0.800 bits per heavy atom. The number of rotatable bonds is 6. The molecule has 0 fully saturated rings. The number of carbonyl (C=O) groups is 2. The fourth-order valence-corrected chi connectivity index (χ4v) is 3.46. The molecular weight excluding hydrogens is 376 g/mol. The van der Waals surface area contributed by atoms with E-state index in [2.05, 4.69) is 6.92 Å². The van der Waals surface area contributed by atoms with Crippen LogP contribution in [-0.4, -0.2) is 11.9 Å². The molecule has 0 spiro atoms. The summed E-state index contributed by atoms with van der Waals surface area (Å²) in [4.78, 5) is 25.6. The first-order valence-electron chi connectivity index (χ1n) is 10.1. The molecule has 0 aliphatic rings. The summed E-state index contributed by atoms with van der Waals surface area (Å²) >= 11 is 0. The van der Waals surface area contributed by atoms with Crippen LogP contribution in [-0.2, 0) is 6.42 Å². The van der Waals surface area contributed by atoms with Crippen LogP contribution < -0.4 is 9.47 Å². The summed E-state index contributed by atoms with van der Waals surface area (Å²) in [6, 6.07) is 19.6. The van der Waals surface area contributed by atoms with Gasteiger partial charge in [0.1, 0.15) is 0 Å². The third kappa shape index (κ3) is 4.60. The summed E-state index contributed by atoms with van der Waals surface area (Å²) in [6.07, 6.45) is 0.775. The second-order valence-electron chi connectivity index (χ2n) is 7.44. The first-order valence-corrected chi connectivity index (χ1v) is 10.1. The largest absolute Gasteiger partial charge is 0.419 e. The van der Waals surface area contributed by atoms with Gasteiger partial charge in [-0.05, 0) is 54.7 Å². The van der Waals surface area contributed by atoms with E-state index in [-0.39, 0.29) is 11.7 Å². The normalized spacial score (nSPS) is 10.7. The van der Waals surface area contributed by atoms with Gasteiger partial charge in [-0.1, -0.05) is 63.2 Å². The summed E-state index contributed by atoms with van der Waals surface area (Å²) in [5, 5.41) is 0. The van der Waals surface area contributed by atoms with E-state index in [1.165, 1.54) is 0 Å². The Bertz CT molecular complexity index is 1040. The minimum absolute atomic E-state index is 0.0771. The smallest absolute Gasteiger partial charge is 0.343 e. The van der Waals surface area contributed by atoms with Gasteiger partial charge in [-0.25, -0.2) is 9.59 Å². The SMILES string of the molecule is CCc1cc(C)c(OC(=O)c2ccccc2)c(OC(=O)c2ccccc2)c1C(C)C. The number of ether oxygens (including phenoxy) is 2. The lowest BCUT2D eigenvalue weighted by molar-refractivity contribution is 0.0679. The van der Waals surface area contributed by atoms with Crippen molar-refractivity contribution in [2.75, 3.05) is 0 Å². The molecular formula is C26H26O4. The lowest BCUT2D eigenvalue weighted by Crippen LogP contribution is -2.16. The summed E-state index contributed by atoms with van der Waals surface area (Å²) in [6.45, 7) is 7.98. The minimum Gasteiger partial charge on any atom is -0.419 e. The van der Waals surface area contributed by atoms with Crippen molar-refractivity contribution < 1.29 is 19.1 Å². The second kappa shape index (κ2) is 9.40. The molecule has 154 valence electrons. The number of benzene rings is 3. The van der Waals surface area contributed by atoms with Gasteiger partial charge in [-0.15, -0.1) is 0 Å². The molecule has 0 amide bonds. The first-order chi connectivity index (χ1) is 14.4. The molecule has 3 rings (SSSR count). The van der Waals surface area contributed by atoms with Gasteiger partial charge in [0.05, 0.1) is 11.1 Å². The summed E-state index contributed by atoms with van der Waals surface area (Å²) in [5.41, 5.74) is 3.56. The molecule has 0 atom stereocenters. The quantitative estimate of drug-likeness (QED) is 0.368. The number of carbonyl (C=O) groups excluding carboxylic acids is 2. The van der Waals surface area contributed by atoms with E-state index in [9.17, 15) is 9.59 Å². The zero-order chi connectivity index (χ0) is 21.7. The summed E-state index contributed by atoms with van der Waals surface area (Å²) < 4.78 is 11.6. The van der Waals surface area contributed by atoms with Crippen molar-refractivity contribution in [1.82, 2.24) is 0 Å². The second-order valence-corrected chi connectivity index (χ2v) is 7.44. The number of hydrogen-bond acceptors (Lipinski definition) is 4. The molecule has 0 saturated heterocycles. The maximum absolute atomic E-state index is 12.8. The predicted octanol–water partition coefficient (Wildman–Crippen LogP) is 6.12. The van der Waals surface area contributed by atoms with Crippen LogP contribution in [0.4, 0.5) is 0 Å². The van der Waals surface area contributed by atoms with Crippen LogP contribution >= 0.6 is 0 Å². The molecule has 0 bridgehead atoms. The molecule has 3 aromatic rings. The molecule has 0 heterocycles. The standard InChI is InChI=1S/C26H26O4/c1-5-19-16-18(4)23(29-25(27)20-12-8-6-9-13-20)24(22(19)17(2)3)30-26(28)21-14-10-7-11-15-21/h6-17H,5H2,1-4H3. The predicted molar refractivity (Wildman–Crippen MR) is 117 cm³/mol. The molecule has 4 heteroatoms. The van der Waals surface area contributed by atoms with E-state index in [0.717, 1.165) is 23.1 Å². The average Bonchev–Trinajstić information content (AvgIpc) is 2.76.